The molecule has 3 aliphatic carbocycles. The molecule has 156 valence electrons. The molecular formula is C23H29NO5. The van der Waals surface area contributed by atoms with E-state index in [1.165, 1.54) is 0 Å². The lowest BCUT2D eigenvalue weighted by Gasteiger charge is -2.59. The summed E-state index contributed by atoms with van der Waals surface area (Å²) in [6.07, 6.45) is 6.90. The van der Waals surface area contributed by atoms with E-state index in [0.717, 1.165) is 24.1 Å². The van der Waals surface area contributed by atoms with Crippen molar-refractivity contribution in [2.24, 2.45) is 11.3 Å². The fourth-order valence-electron chi connectivity index (χ4n) is 6.62. The molecule has 1 spiro atoms. The molecule has 1 saturated carbocycles. The molecule has 2 aliphatic heterocycles. The first kappa shape index (κ1) is 19.2. The van der Waals surface area contributed by atoms with Crippen molar-refractivity contribution in [1.82, 2.24) is 4.90 Å². The summed E-state index contributed by atoms with van der Waals surface area (Å²) in [6, 6.07) is 0.245. The summed E-state index contributed by atoms with van der Waals surface area (Å²) in [4.78, 5) is 28.0. The van der Waals surface area contributed by atoms with Crippen LogP contribution in [-0.2, 0) is 14.3 Å². The molecule has 6 nitrogen and oxygen atoms in total. The molecule has 2 bridgehead atoms. The number of ether oxygens (including phenoxy) is 1. The van der Waals surface area contributed by atoms with E-state index in [9.17, 15) is 19.8 Å². The van der Waals surface area contributed by atoms with Gasteiger partial charge < -0.3 is 19.8 Å². The zero-order chi connectivity index (χ0) is 20.8. The average Bonchev–Trinajstić information content (AvgIpc) is 3.09. The number of likely N-dealkylation sites (tertiary alicyclic amines) is 1. The molecule has 2 fully saturated rings. The Bertz CT molecular complexity index is 903. The number of rotatable bonds is 4. The normalized spacial score (nSPS) is 44.9. The summed E-state index contributed by atoms with van der Waals surface area (Å²) in [6.45, 7) is 4.29. The number of aliphatic hydroxyl groups is 2. The van der Waals surface area contributed by atoms with Gasteiger partial charge in [0.05, 0.1) is 0 Å². The van der Waals surface area contributed by atoms with Crippen LogP contribution < -0.4 is 0 Å². The van der Waals surface area contributed by atoms with Gasteiger partial charge in [-0.1, -0.05) is 26.0 Å². The quantitative estimate of drug-likeness (QED) is 0.700. The van der Waals surface area contributed by atoms with Gasteiger partial charge in [-0.15, -0.1) is 0 Å². The number of ketones is 2. The molecule has 5 aliphatic rings. The van der Waals surface area contributed by atoms with Crippen molar-refractivity contribution in [2.75, 3.05) is 13.6 Å². The lowest BCUT2D eigenvalue weighted by atomic mass is 9.49. The van der Waals surface area contributed by atoms with E-state index in [1.54, 1.807) is 19.9 Å². The Labute approximate surface area is 170 Å². The number of carbonyl (C=O) groups excluding carboxylic acids is 2. The number of hydrogen-bond donors (Lipinski definition) is 2. The molecular weight excluding hydrogens is 370 g/mol. The van der Waals surface area contributed by atoms with E-state index < -0.39 is 22.7 Å². The minimum absolute atomic E-state index is 0.0694. The molecule has 0 aromatic heterocycles. The third kappa shape index (κ3) is 2.07. The summed E-state index contributed by atoms with van der Waals surface area (Å²) in [7, 11) is 2.12. The average molecular weight is 399 g/mol. The summed E-state index contributed by atoms with van der Waals surface area (Å²) < 4.78 is 6.37. The summed E-state index contributed by atoms with van der Waals surface area (Å²) in [5.41, 5.74) is -2.06. The molecule has 1 unspecified atom stereocenters. The molecule has 6 atom stereocenters. The molecule has 1 saturated heterocycles. The minimum atomic E-state index is -1.75. The first-order valence-corrected chi connectivity index (χ1v) is 10.8. The molecule has 2 N–H and O–H groups in total. The Hall–Kier alpha value is -1.76. The predicted octanol–water partition coefficient (Wildman–Crippen LogP) is 1.67. The van der Waals surface area contributed by atoms with E-state index in [2.05, 4.69) is 11.9 Å². The van der Waals surface area contributed by atoms with Gasteiger partial charge in [0.15, 0.2) is 22.8 Å². The van der Waals surface area contributed by atoms with Crippen LogP contribution in [0.1, 0.15) is 46.0 Å². The van der Waals surface area contributed by atoms with Gasteiger partial charge in [-0.3, -0.25) is 9.59 Å². The fourth-order valence-corrected chi connectivity index (χ4v) is 6.62. The zero-order valence-corrected chi connectivity index (χ0v) is 17.3. The standard InChI is InChI=1S/C23H29NO5/c1-4-16(25)22(27)8-6-13-12-15-14-7-9-23(28,17(26)5-2)20-21(14,10-11-24(15)3)18(13)19(22)29-20/h6-7,9,14-15,20,27-28H,4-5,8,10-12H2,1-3H3/t14-,15+,20+,21-,22?,23+/m0/s1. The van der Waals surface area contributed by atoms with Crippen LogP contribution in [-0.4, -0.2) is 63.6 Å². The Morgan fingerprint density at radius 2 is 1.97 bits per heavy atom. The molecule has 0 aromatic rings. The van der Waals surface area contributed by atoms with Crippen LogP contribution in [0.3, 0.4) is 0 Å². The number of hydrogen-bond acceptors (Lipinski definition) is 6. The van der Waals surface area contributed by atoms with Gasteiger partial charge in [0.25, 0.3) is 0 Å². The number of Topliss-reactive ketones (excluding diaryl/α,β-unsaturated/α-hetero) is 2. The van der Waals surface area contributed by atoms with Crippen LogP contribution in [0.2, 0.25) is 0 Å². The maximum Gasteiger partial charge on any atom is 0.183 e. The first-order valence-electron chi connectivity index (χ1n) is 10.8. The molecule has 0 amide bonds. The lowest BCUT2D eigenvalue weighted by molar-refractivity contribution is -0.168. The van der Waals surface area contributed by atoms with Crippen molar-refractivity contribution >= 4 is 11.6 Å². The third-order valence-corrected chi connectivity index (χ3v) is 8.13. The van der Waals surface area contributed by atoms with Gasteiger partial charge >= 0.3 is 0 Å². The smallest absolute Gasteiger partial charge is 0.183 e. The monoisotopic (exact) mass is 399 g/mol. The van der Waals surface area contributed by atoms with E-state index in [4.69, 9.17) is 4.74 Å². The summed E-state index contributed by atoms with van der Waals surface area (Å²) in [5.74, 6) is -0.204. The molecule has 6 heteroatoms. The second kappa shape index (κ2) is 5.90. The number of nitrogens with zero attached hydrogens (tertiary/aromatic N) is 1. The molecule has 2 heterocycles. The van der Waals surface area contributed by atoms with Crippen molar-refractivity contribution in [2.45, 2.75) is 69.3 Å². The minimum Gasteiger partial charge on any atom is -0.486 e. The highest BCUT2D eigenvalue weighted by Gasteiger charge is 2.71. The van der Waals surface area contributed by atoms with Gasteiger partial charge in [0, 0.05) is 42.2 Å². The van der Waals surface area contributed by atoms with Crippen LogP contribution in [0, 0.1) is 11.3 Å². The maximum atomic E-state index is 12.9. The predicted molar refractivity (Wildman–Crippen MR) is 106 cm³/mol. The molecule has 0 radical (unpaired) electrons. The molecule has 5 rings (SSSR count). The van der Waals surface area contributed by atoms with Crippen molar-refractivity contribution in [3.05, 3.63) is 35.1 Å². The highest BCUT2D eigenvalue weighted by molar-refractivity contribution is 5.93. The Morgan fingerprint density at radius 1 is 1.24 bits per heavy atom. The van der Waals surface area contributed by atoms with E-state index in [0.29, 0.717) is 12.2 Å². The van der Waals surface area contributed by atoms with Gasteiger partial charge in [-0.2, -0.15) is 0 Å². The maximum absolute atomic E-state index is 12.9. The third-order valence-electron chi connectivity index (χ3n) is 8.13. The Kier molecular flexibility index (Phi) is 3.91. The second-order valence-electron chi connectivity index (χ2n) is 9.30. The lowest BCUT2D eigenvalue weighted by Crippen LogP contribution is -2.67. The van der Waals surface area contributed by atoms with Crippen LogP contribution in [0.4, 0.5) is 0 Å². The van der Waals surface area contributed by atoms with Crippen molar-refractivity contribution in [3.8, 4) is 0 Å². The van der Waals surface area contributed by atoms with Gasteiger partial charge in [0.1, 0.15) is 11.9 Å². The van der Waals surface area contributed by atoms with Gasteiger partial charge in [-0.25, -0.2) is 0 Å². The number of piperidine rings is 1. The van der Waals surface area contributed by atoms with Crippen LogP contribution in [0.15, 0.2) is 35.1 Å². The van der Waals surface area contributed by atoms with E-state index in [-0.39, 0.29) is 42.8 Å². The second-order valence-corrected chi connectivity index (χ2v) is 9.30. The van der Waals surface area contributed by atoms with Gasteiger partial charge in [0.2, 0.25) is 0 Å². The highest BCUT2D eigenvalue weighted by Crippen LogP contribution is 2.67. The Morgan fingerprint density at radius 3 is 2.66 bits per heavy atom. The largest absolute Gasteiger partial charge is 0.486 e. The van der Waals surface area contributed by atoms with Crippen LogP contribution >= 0.6 is 0 Å². The Balaban J connectivity index is 1.76. The van der Waals surface area contributed by atoms with Crippen molar-refractivity contribution in [3.63, 3.8) is 0 Å². The summed E-state index contributed by atoms with van der Waals surface area (Å²) in [5, 5.41) is 23.0. The van der Waals surface area contributed by atoms with Crippen LogP contribution in [0.5, 0.6) is 0 Å². The van der Waals surface area contributed by atoms with Crippen molar-refractivity contribution in [1.29, 1.82) is 0 Å². The topological polar surface area (TPSA) is 87.1 Å². The fraction of sp³-hybridized carbons (Fsp3) is 0.652. The van der Waals surface area contributed by atoms with Gasteiger partial charge in [-0.05, 0) is 38.1 Å². The van der Waals surface area contributed by atoms with Crippen molar-refractivity contribution < 1.29 is 24.5 Å². The van der Waals surface area contributed by atoms with E-state index in [1.807, 2.05) is 12.2 Å². The van der Waals surface area contributed by atoms with Crippen LogP contribution in [0.25, 0.3) is 0 Å². The zero-order valence-electron chi connectivity index (χ0n) is 17.3. The number of carbonyl (C=O) groups is 2. The first-order chi connectivity index (χ1) is 13.7. The van der Waals surface area contributed by atoms with E-state index >= 15 is 0 Å². The molecule has 29 heavy (non-hydrogen) atoms. The summed E-state index contributed by atoms with van der Waals surface area (Å²) >= 11 is 0. The molecule has 0 aromatic carbocycles. The highest BCUT2D eigenvalue weighted by atomic mass is 16.5. The SMILES string of the molecule is CCC(=O)C1(O)CC=C2C[C@@H]3[C@@H]4C=C[C@@](O)(C(=O)CC)[C@@H]5OC1=C2[C@@]54CCN3C.